The van der Waals surface area contributed by atoms with Crippen molar-refractivity contribution in [2.45, 2.75) is 13.3 Å². The van der Waals surface area contributed by atoms with E-state index < -0.39 is 6.09 Å². The Morgan fingerprint density at radius 2 is 2.00 bits per heavy atom. The van der Waals surface area contributed by atoms with Crippen LogP contribution in [0.5, 0.6) is 0 Å². The number of carboxylic acid groups (broad SMARTS) is 1. The molecule has 5 nitrogen and oxygen atoms in total. The molecule has 0 bridgehead atoms. The fourth-order valence-electron chi connectivity index (χ4n) is 2.52. The van der Waals surface area contributed by atoms with Gasteiger partial charge in [0.2, 0.25) is 0 Å². The Hall–Kier alpha value is -1.26. The van der Waals surface area contributed by atoms with E-state index in [4.69, 9.17) is 9.84 Å². The smallest absolute Gasteiger partial charge is 0.407 e. The van der Waals surface area contributed by atoms with Gasteiger partial charge in [0.1, 0.15) is 0 Å². The van der Waals surface area contributed by atoms with Gasteiger partial charge in [0.25, 0.3) is 0 Å². The van der Waals surface area contributed by atoms with Crippen LogP contribution in [-0.2, 0) is 9.53 Å². The van der Waals surface area contributed by atoms with Crippen molar-refractivity contribution >= 4 is 12.1 Å². The average Bonchev–Trinajstić information content (AvgIpc) is 2.62. The van der Waals surface area contributed by atoms with E-state index >= 15 is 0 Å². The molecule has 1 aliphatic carbocycles. The van der Waals surface area contributed by atoms with E-state index in [9.17, 15) is 9.59 Å². The number of esters is 1. The molecule has 1 N–H and O–H groups in total. The number of fused-ring (bicyclic) bond motifs is 1. The molecule has 1 saturated carbocycles. The highest BCUT2D eigenvalue weighted by Gasteiger charge is 2.57. The van der Waals surface area contributed by atoms with Crippen LogP contribution >= 0.6 is 0 Å². The van der Waals surface area contributed by atoms with Crippen LogP contribution in [0.4, 0.5) is 4.79 Å². The first-order chi connectivity index (χ1) is 7.13. The first-order valence-corrected chi connectivity index (χ1v) is 5.27. The van der Waals surface area contributed by atoms with E-state index in [1.165, 1.54) is 4.90 Å². The molecule has 2 aliphatic rings. The Labute approximate surface area is 88.0 Å². The van der Waals surface area contributed by atoms with Gasteiger partial charge in [-0.3, -0.25) is 4.79 Å². The maximum Gasteiger partial charge on any atom is 0.407 e. The zero-order chi connectivity index (χ0) is 11.0. The minimum atomic E-state index is -0.850. The third-order valence-corrected chi connectivity index (χ3v) is 3.35. The lowest BCUT2D eigenvalue weighted by Crippen LogP contribution is -2.30. The lowest BCUT2D eigenvalue weighted by atomic mass is 10.2. The molecule has 0 aromatic heterocycles. The van der Waals surface area contributed by atoms with Crippen molar-refractivity contribution in [3.05, 3.63) is 0 Å². The normalized spacial score (nSPS) is 32.3. The average molecular weight is 213 g/mol. The molecule has 1 saturated heterocycles. The standard InChI is InChI=1S/C10H15NO4/c1-2-15-9(12)3-6-7-4-11(10(13)14)5-8(6)7/h6-8H,2-5H2,1H3,(H,13,14)/t6-,7-,8+. The summed E-state index contributed by atoms with van der Waals surface area (Å²) in [7, 11) is 0. The lowest BCUT2D eigenvalue weighted by Gasteiger charge is -2.15. The van der Waals surface area contributed by atoms with Crippen molar-refractivity contribution in [3.8, 4) is 0 Å². The summed E-state index contributed by atoms with van der Waals surface area (Å²) in [6, 6.07) is 0. The zero-order valence-electron chi connectivity index (χ0n) is 8.68. The molecule has 0 radical (unpaired) electrons. The number of piperidine rings is 1. The minimum Gasteiger partial charge on any atom is -0.466 e. The Bertz CT molecular complexity index is 279. The van der Waals surface area contributed by atoms with Crippen molar-refractivity contribution in [3.63, 3.8) is 0 Å². The monoisotopic (exact) mass is 213 g/mol. The number of rotatable bonds is 3. The SMILES string of the molecule is CCOC(=O)C[C@@H]1[C@H]2CN(C(=O)O)C[C@@H]12. The lowest BCUT2D eigenvalue weighted by molar-refractivity contribution is -0.143. The Kier molecular flexibility index (Phi) is 2.54. The molecule has 0 unspecified atom stereocenters. The van der Waals surface area contributed by atoms with Gasteiger partial charge in [0.15, 0.2) is 0 Å². The van der Waals surface area contributed by atoms with Gasteiger partial charge in [0, 0.05) is 19.5 Å². The van der Waals surface area contributed by atoms with Crippen LogP contribution in [0.1, 0.15) is 13.3 Å². The molecule has 84 valence electrons. The zero-order valence-corrected chi connectivity index (χ0v) is 8.68. The number of hydrogen-bond donors (Lipinski definition) is 1. The number of amides is 1. The topological polar surface area (TPSA) is 66.8 Å². The maximum atomic E-state index is 11.2. The van der Waals surface area contributed by atoms with Gasteiger partial charge in [-0.1, -0.05) is 0 Å². The molecule has 1 amide bonds. The number of carbonyl (C=O) groups excluding carboxylic acids is 1. The van der Waals surface area contributed by atoms with Crippen LogP contribution in [0.2, 0.25) is 0 Å². The van der Waals surface area contributed by atoms with Gasteiger partial charge in [-0.25, -0.2) is 4.79 Å². The summed E-state index contributed by atoms with van der Waals surface area (Å²) in [6.07, 6.45) is -0.395. The molecule has 0 aromatic rings. The number of hydrogen-bond acceptors (Lipinski definition) is 3. The fourth-order valence-corrected chi connectivity index (χ4v) is 2.52. The van der Waals surface area contributed by atoms with Gasteiger partial charge in [-0.2, -0.15) is 0 Å². The first kappa shape index (κ1) is 10.3. The highest BCUT2D eigenvalue weighted by molar-refractivity contribution is 5.71. The molecule has 2 fully saturated rings. The largest absolute Gasteiger partial charge is 0.466 e. The molecule has 3 atom stereocenters. The summed E-state index contributed by atoms with van der Waals surface area (Å²) >= 11 is 0. The van der Waals surface area contributed by atoms with E-state index in [0.717, 1.165) is 0 Å². The summed E-state index contributed by atoms with van der Waals surface area (Å²) in [4.78, 5) is 23.2. The second kappa shape index (κ2) is 3.72. The maximum absolute atomic E-state index is 11.2. The quantitative estimate of drug-likeness (QED) is 0.704. The van der Waals surface area contributed by atoms with Gasteiger partial charge >= 0.3 is 12.1 Å². The molecular formula is C10H15NO4. The predicted octanol–water partition coefficient (Wildman–Crippen LogP) is 0.795. The predicted molar refractivity (Wildman–Crippen MR) is 51.3 cm³/mol. The third kappa shape index (κ3) is 1.91. The number of nitrogens with zero attached hydrogens (tertiary/aromatic N) is 1. The number of ether oxygens (including phenoxy) is 1. The summed E-state index contributed by atoms with van der Waals surface area (Å²) in [5.74, 6) is 0.995. The van der Waals surface area contributed by atoms with Crippen LogP contribution in [-0.4, -0.2) is 41.8 Å². The summed E-state index contributed by atoms with van der Waals surface area (Å²) < 4.78 is 4.86. The molecule has 0 spiro atoms. The van der Waals surface area contributed by atoms with E-state index in [1.807, 2.05) is 0 Å². The summed E-state index contributed by atoms with van der Waals surface area (Å²) in [5, 5.41) is 8.74. The molecule has 5 heteroatoms. The van der Waals surface area contributed by atoms with Crippen LogP contribution in [0.25, 0.3) is 0 Å². The molecule has 2 rings (SSSR count). The Balaban J connectivity index is 1.75. The third-order valence-electron chi connectivity index (χ3n) is 3.35. The number of carbonyl (C=O) groups is 2. The molecule has 0 aromatic carbocycles. The number of likely N-dealkylation sites (tertiary alicyclic amines) is 1. The molecule has 1 heterocycles. The molecule has 1 aliphatic heterocycles. The van der Waals surface area contributed by atoms with Crippen LogP contribution in [0, 0.1) is 17.8 Å². The van der Waals surface area contributed by atoms with Crippen molar-refractivity contribution in [2.24, 2.45) is 17.8 Å². The fraction of sp³-hybridized carbons (Fsp3) is 0.800. The van der Waals surface area contributed by atoms with E-state index in [0.29, 0.717) is 43.9 Å². The van der Waals surface area contributed by atoms with Gasteiger partial charge < -0.3 is 14.7 Å². The van der Waals surface area contributed by atoms with E-state index in [1.54, 1.807) is 6.92 Å². The van der Waals surface area contributed by atoms with Gasteiger partial charge in [-0.05, 0) is 24.7 Å². The van der Waals surface area contributed by atoms with E-state index in [2.05, 4.69) is 0 Å². The minimum absolute atomic E-state index is 0.154. The highest BCUT2D eigenvalue weighted by Crippen LogP contribution is 2.53. The summed E-state index contributed by atoms with van der Waals surface area (Å²) in [6.45, 7) is 3.38. The van der Waals surface area contributed by atoms with E-state index in [-0.39, 0.29) is 5.97 Å². The van der Waals surface area contributed by atoms with Crippen LogP contribution in [0.3, 0.4) is 0 Å². The van der Waals surface area contributed by atoms with Gasteiger partial charge in [-0.15, -0.1) is 0 Å². The van der Waals surface area contributed by atoms with Crippen molar-refractivity contribution in [1.82, 2.24) is 4.90 Å². The van der Waals surface area contributed by atoms with Crippen molar-refractivity contribution in [2.75, 3.05) is 19.7 Å². The second-order valence-corrected chi connectivity index (χ2v) is 4.19. The Morgan fingerprint density at radius 1 is 1.40 bits per heavy atom. The van der Waals surface area contributed by atoms with Crippen LogP contribution in [0.15, 0.2) is 0 Å². The van der Waals surface area contributed by atoms with Crippen molar-refractivity contribution in [1.29, 1.82) is 0 Å². The van der Waals surface area contributed by atoms with Gasteiger partial charge in [0.05, 0.1) is 6.61 Å². The van der Waals surface area contributed by atoms with Crippen molar-refractivity contribution < 1.29 is 19.4 Å². The second-order valence-electron chi connectivity index (χ2n) is 4.19. The first-order valence-electron chi connectivity index (χ1n) is 5.27. The molecule has 15 heavy (non-hydrogen) atoms. The molecular weight excluding hydrogens is 198 g/mol. The van der Waals surface area contributed by atoms with Crippen LogP contribution < -0.4 is 0 Å². The summed E-state index contributed by atoms with van der Waals surface area (Å²) in [5.41, 5.74) is 0. The highest BCUT2D eigenvalue weighted by atomic mass is 16.5. The Morgan fingerprint density at radius 3 is 2.47 bits per heavy atom.